The molecule has 0 aliphatic carbocycles. The summed E-state index contributed by atoms with van der Waals surface area (Å²) >= 11 is 12.1. The van der Waals surface area contributed by atoms with Crippen molar-refractivity contribution in [2.45, 2.75) is 44.4 Å². The fraction of sp³-hybridized carbons (Fsp3) is 0.391. The van der Waals surface area contributed by atoms with Crippen molar-refractivity contribution in [3.05, 3.63) is 57.4 Å². The fourth-order valence-corrected chi connectivity index (χ4v) is 5.00. The highest BCUT2D eigenvalue weighted by Crippen LogP contribution is 2.31. The van der Waals surface area contributed by atoms with Gasteiger partial charge in [0.1, 0.15) is 10.6 Å². The van der Waals surface area contributed by atoms with Gasteiger partial charge in [0.05, 0.1) is 0 Å². The first kappa shape index (κ1) is 25.4. The molecule has 8 heteroatoms. The van der Waals surface area contributed by atoms with Crippen LogP contribution in [0, 0.1) is 5.92 Å². The molecule has 2 aromatic carbocycles. The van der Waals surface area contributed by atoms with Crippen molar-refractivity contribution in [3.63, 3.8) is 0 Å². The number of benzene rings is 2. The van der Waals surface area contributed by atoms with Gasteiger partial charge in [-0.2, -0.15) is 5.53 Å². The molecule has 0 radical (unpaired) electrons. The Kier molecular flexibility index (Phi) is 9.54. The molecule has 0 aromatic heterocycles. The molecule has 0 spiro atoms. The third-order valence-corrected chi connectivity index (χ3v) is 7.29. The van der Waals surface area contributed by atoms with Gasteiger partial charge in [-0.3, -0.25) is 0 Å². The molecule has 2 N–H and O–H groups in total. The number of halogens is 2. The number of hydrogen-bond acceptors (Lipinski definition) is 4. The van der Waals surface area contributed by atoms with Gasteiger partial charge in [-0.15, -0.1) is 0 Å². The summed E-state index contributed by atoms with van der Waals surface area (Å²) in [5.41, 5.74) is 7.03. The lowest BCUT2D eigenvalue weighted by Gasteiger charge is -2.25. The van der Waals surface area contributed by atoms with E-state index in [1.807, 2.05) is 13.1 Å². The molecule has 0 fully saturated rings. The summed E-state index contributed by atoms with van der Waals surface area (Å²) in [6, 6.07) is 9.98. The van der Waals surface area contributed by atoms with Gasteiger partial charge in [0, 0.05) is 34.7 Å². The van der Waals surface area contributed by atoms with E-state index in [4.69, 9.17) is 28.7 Å². The van der Waals surface area contributed by atoms with Crippen molar-refractivity contribution in [1.29, 1.82) is 0 Å². The number of rotatable bonds is 11. The fourth-order valence-electron chi connectivity index (χ4n) is 3.36. The first-order valence-electron chi connectivity index (χ1n) is 10.4. The Labute approximate surface area is 195 Å². The largest absolute Gasteiger partial charge is 0.374 e. The van der Waals surface area contributed by atoms with Crippen molar-refractivity contribution >= 4 is 50.5 Å². The molecule has 1 unspecified atom stereocenters. The number of anilines is 1. The maximum atomic E-state index is 13.1. The summed E-state index contributed by atoms with van der Waals surface area (Å²) < 4.78 is 26.1. The smallest absolute Gasteiger partial charge is 0.202 e. The monoisotopic (exact) mass is 482 g/mol. The second-order valence-electron chi connectivity index (χ2n) is 7.59. The quantitative estimate of drug-likeness (QED) is 0.403. The predicted molar refractivity (Wildman–Crippen MR) is 130 cm³/mol. The summed E-state index contributed by atoms with van der Waals surface area (Å²) in [7, 11) is -1.83. The van der Waals surface area contributed by atoms with Gasteiger partial charge in [0.25, 0.3) is 0 Å². The molecule has 2 rings (SSSR count). The highest BCUT2D eigenvalue weighted by Gasteiger charge is 2.20. The zero-order chi connectivity index (χ0) is 23.0. The Morgan fingerprint density at radius 3 is 2.52 bits per heavy atom. The van der Waals surface area contributed by atoms with Crippen molar-refractivity contribution < 1.29 is 13.9 Å². The van der Waals surface area contributed by atoms with Gasteiger partial charge < -0.3 is 4.90 Å². The molecule has 0 amide bonds. The molecule has 5 nitrogen and oxygen atoms in total. The van der Waals surface area contributed by atoms with E-state index >= 15 is 0 Å². The van der Waals surface area contributed by atoms with Gasteiger partial charge in [-0.1, -0.05) is 62.4 Å². The van der Waals surface area contributed by atoms with Crippen LogP contribution in [0.4, 0.5) is 11.4 Å². The molecule has 0 saturated carbocycles. The first-order valence-corrected chi connectivity index (χ1v) is 12.7. The van der Waals surface area contributed by atoms with E-state index in [0.29, 0.717) is 21.5 Å². The van der Waals surface area contributed by atoms with Gasteiger partial charge in [-0.05, 0) is 59.4 Å². The second-order valence-corrected chi connectivity index (χ2v) is 10.2. The molecule has 0 bridgehead atoms. The molecule has 2 aromatic rings. The molecule has 0 saturated heterocycles. The van der Waals surface area contributed by atoms with E-state index in [1.54, 1.807) is 30.3 Å². The third kappa shape index (κ3) is 7.06. The summed E-state index contributed by atoms with van der Waals surface area (Å²) in [6.07, 6.45) is 6.04. The number of unbranched alkanes of at least 4 members (excludes halogenated alkanes) is 1. The maximum Gasteiger partial charge on any atom is 0.202 e. The molecular formula is C23H30Cl2N3O2S+. The Balaban J connectivity index is 2.33. The number of nitrogens with two attached hydrogens (primary N) is 1. The SMILES string of the molecule is CCCCC(CC)CN(C)c1ccc(N=[NH2+])c(S(=O)(=O)/C=C\c2ccc(Cl)cc2Cl)c1. The molecular weight excluding hydrogens is 453 g/mol. The van der Waals surface area contributed by atoms with Gasteiger partial charge in [-0.25, -0.2) is 8.42 Å². The van der Waals surface area contributed by atoms with E-state index in [1.165, 1.54) is 18.9 Å². The summed E-state index contributed by atoms with van der Waals surface area (Å²) in [5.74, 6) is 0.552. The number of sulfone groups is 1. The minimum Gasteiger partial charge on any atom is -0.374 e. The van der Waals surface area contributed by atoms with Crippen LogP contribution in [0.3, 0.4) is 0 Å². The van der Waals surface area contributed by atoms with E-state index in [2.05, 4.69) is 23.9 Å². The van der Waals surface area contributed by atoms with E-state index in [-0.39, 0.29) is 10.6 Å². The Morgan fingerprint density at radius 2 is 1.90 bits per heavy atom. The molecule has 0 aliphatic rings. The standard InChI is InChI=1S/C23H29Cl2N3O2S/c1-4-6-7-17(5-2)16-28(3)20-10-11-22(27-26)23(15-20)31(29,30)13-12-18-8-9-19(24)14-21(18)25/h8-15,17,26H,4-7,16H2,1-3H3/p+1/b13-12-,27-26?. The molecule has 0 aliphatic heterocycles. The third-order valence-electron chi connectivity index (χ3n) is 5.29. The number of hydrogen-bond donors (Lipinski definition) is 1. The minimum atomic E-state index is -3.80. The molecule has 0 heterocycles. The van der Waals surface area contributed by atoms with Crippen LogP contribution in [0.25, 0.3) is 6.08 Å². The first-order chi connectivity index (χ1) is 14.7. The summed E-state index contributed by atoms with van der Waals surface area (Å²) in [6.45, 7) is 5.23. The lowest BCUT2D eigenvalue weighted by Crippen LogP contribution is -2.25. The van der Waals surface area contributed by atoms with E-state index < -0.39 is 9.84 Å². The van der Waals surface area contributed by atoms with Crippen LogP contribution < -0.4 is 10.4 Å². The van der Waals surface area contributed by atoms with Gasteiger partial charge in [0.2, 0.25) is 9.84 Å². The lowest BCUT2D eigenvalue weighted by molar-refractivity contribution is -0.210. The topological polar surface area (TPSA) is 75.3 Å². The highest BCUT2D eigenvalue weighted by molar-refractivity contribution is 7.94. The van der Waals surface area contributed by atoms with Crippen LogP contribution in [-0.4, -0.2) is 22.0 Å². The van der Waals surface area contributed by atoms with E-state index in [0.717, 1.165) is 30.5 Å². The van der Waals surface area contributed by atoms with Crippen LogP contribution in [0.1, 0.15) is 45.1 Å². The average Bonchev–Trinajstić information content (AvgIpc) is 2.75. The molecule has 31 heavy (non-hydrogen) atoms. The number of nitrogens with zero attached hydrogens (tertiary/aromatic N) is 2. The predicted octanol–water partition coefficient (Wildman–Crippen LogP) is 5.93. The van der Waals surface area contributed by atoms with Gasteiger partial charge >= 0.3 is 0 Å². The summed E-state index contributed by atoms with van der Waals surface area (Å²) in [5, 5.41) is 5.63. The van der Waals surface area contributed by atoms with Crippen LogP contribution in [0.5, 0.6) is 0 Å². The Bertz CT molecular complexity index is 1040. The summed E-state index contributed by atoms with van der Waals surface area (Å²) in [4.78, 5) is 2.14. The van der Waals surface area contributed by atoms with E-state index in [9.17, 15) is 8.42 Å². The minimum absolute atomic E-state index is 0.0577. The van der Waals surface area contributed by atoms with Crippen LogP contribution in [0.2, 0.25) is 10.0 Å². The van der Waals surface area contributed by atoms with Gasteiger partial charge in [0.15, 0.2) is 0 Å². The van der Waals surface area contributed by atoms with Crippen LogP contribution in [-0.2, 0) is 9.84 Å². The second kappa shape index (κ2) is 11.7. The van der Waals surface area contributed by atoms with Crippen LogP contribution >= 0.6 is 23.2 Å². The molecule has 1 atom stereocenters. The highest BCUT2D eigenvalue weighted by atomic mass is 35.5. The van der Waals surface area contributed by atoms with Crippen molar-refractivity contribution in [2.24, 2.45) is 11.0 Å². The Hall–Kier alpha value is -1.89. The maximum absolute atomic E-state index is 13.1. The zero-order valence-corrected chi connectivity index (χ0v) is 20.5. The van der Waals surface area contributed by atoms with Crippen molar-refractivity contribution in [3.8, 4) is 0 Å². The average molecular weight is 483 g/mol. The van der Waals surface area contributed by atoms with Crippen molar-refractivity contribution in [2.75, 3.05) is 18.5 Å². The lowest BCUT2D eigenvalue weighted by atomic mass is 9.98. The molecule has 168 valence electrons. The van der Waals surface area contributed by atoms with Crippen LogP contribution in [0.15, 0.2) is 51.8 Å². The normalized spacial score (nSPS) is 12.8. The zero-order valence-electron chi connectivity index (χ0n) is 18.2. The van der Waals surface area contributed by atoms with Crippen molar-refractivity contribution in [1.82, 2.24) is 0 Å². The Morgan fingerprint density at radius 1 is 1.16 bits per heavy atom.